The van der Waals surface area contributed by atoms with Crippen LogP contribution in [0.5, 0.6) is 0 Å². The first-order chi connectivity index (χ1) is 14.5. The van der Waals surface area contributed by atoms with Crippen LogP contribution in [-0.4, -0.2) is 0 Å². The van der Waals surface area contributed by atoms with Crippen molar-refractivity contribution >= 4 is 10.8 Å². The smallest absolute Gasteiger partial charge is 0.198 e. The average molecular weight is 388 g/mol. The lowest BCUT2D eigenvalue weighted by atomic mass is 9.89. The molecule has 0 aliphatic heterocycles. The minimum atomic E-state index is 0.568. The first-order valence-electron chi connectivity index (χ1n) is 12.0. The Labute approximate surface area is 178 Å². The highest BCUT2D eigenvalue weighted by Crippen LogP contribution is 2.38. The van der Waals surface area contributed by atoms with Crippen molar-refractivity contribution in [3.63, 3.8) is 0 Å². The summed E-state index contributed by atoms with van der Waals surface area (Å²) < 4.78 is 11.1. The summed E-state index contributed by atoms with van der Waals surface area (Å²) in [6.45, 7) is 8.84. The van der Waals surface area contributed by atoms with E-state index in [1.807, 2.05) is 0 Å². The predicted molar refractivity (Wildman–Crippen MR) is 125 cm³/mol. The van der Waals surface area contributed by atoms with Crippen LogP contribution in [0, 0.1) is 13.8 Å². The number of pyridine rings is 1. The van der Waals surface area contributed by atoms with Crippen LogP contribution in [0.15, 0.2) is 42.4 Å². The molecule has 1 heterocycles. The Kier molecular flexibility index (Phi) is 5.40. The predicted octanol–water partition coefficient (Wildman–Crippen LogP) is 7.51. The van der Waals surface area contributed by atoms with Crippen LogP contribution < -0.4 is 4.57 Å². The molecule has 1 fully saturated rings. The van der Waals surface area contributed by atoms with E-state index in [0.717, 1.165) is 23.9 Å². The van der Waals surface area contributed by atoms with E-state index in [1.165, 1.54) is 59.0 Å². The maximum atomic E-state index is 8.85. The summed E-state index contributed by atoms with van der Waals surface area (Å²) in [5, 5.41) is 2.30. The standard InChI is InChI=1S/C28H36N/c1-6-21(7-2)23-14-15-26-25(17-23)16-20(4)29(5)28(26)27-18-24(13-12-19(27)3)22-10-8-9-11-22/h12-18,21-22H,6-11H2,1-5H3/q+1/i16D. The van der Waals surface area contributed by atoms with Crippen molar-refractivity contribution in [3.8, 4) is 11.3 Å². The number of hydrogen-bond donors (Lipinski definition) is 0. The monoisotopic (exact) mass is 387 g/mol. The molecular formula is C28H36N+. The highest BCUT2D eigenvalue weighted by atomic mass is 14.9. The summed E-state index contributed by atoms with van der Waals surface area (Å²) in [6, 6.07) is 14.6. The molecule has 3 aromatic rings. The molecule has 4 rings (SSSR count). The zero-order valence-electron chi connectivity index (χ0n) is 19.8. The molecule has 0 bridgehead atoms. The molecule has 1 aromatic heterocycles. The summed E-state index contributed by atoms with van der Waals surface area (Å²) in [7, 11) is 2.12. The summed E-state index contributed by atoms with van der Waals surface area (Å²) >= 11 is 0. The first-order valence-corrected chi connectivity index (χ1v) is 11.5. The minimum Gasteiger partial charge on any atom is -0.198 e. The maximum absolute atomic E-state index is 8.85. The molecule has 0 radical (unpaired) electrons. The highest BCUT2D eigenvalue weighted by Gasteiger charge is 2.23. The molecule has 0 N–H and O–H groups in total. The fraction of sp³-hybridized carbons (Fsp3) is 0.464. The largest absolute Gasteiger partial charge is 0.220 e. The van der Waals surface area contributed by atoms with Gasteiger partial charge in [-0.1, -0.05) is 51.0 Å². The third kappa shape index (κ3) is 3.72. The van der Waals surface area contributed by atoms with E-state index in [-0.39, 0.29) is 0 Å². The Bertz CT molecular complexity index is 1070. The highest BCUT2D eigenvalue weighted by molar-refractivity contribution is 5.94. The van der Waals surface area contributed by atoms with Crippen LogP contribution in [0.2, 0.25) is 0 Å². The Balaban J connectivity index is 1.96. The SMILES string of the molecule is [2H]c1c(C)[n+](C)c(-c2cc(C3CCCC3)ccc2C)c2ccc(C(CC)CC)cc12. The van der Waals surface area contributed by atoms with Gasteiger partial charge in [0.15, 0.2) is 5.69 Å². The topological polar surface area (TPSA) is 3.88 Å². The third-order valence-corrected chi connectivity index (χ3v) is 7.25. The first kappa shape index (κ1) is 18.9. The average Bonchev–Trinajstić information content (AvgIpc) is 3.29. The van der Waals surface area contributed by atoms with Crippen LogP contribution in [0.4, 0.5) is 0 Å². The number of nitrogens with zero attached hydrogens (tertiary/aromatic N) is 1. The van der Waals surface area contributed by atoms with Gasteiger partial charge >= 0.3 is 0 Å². The number of aromatic nitrogens is 1. The van der Waals surface area contributed by atoms with E-state index >= 15 is 0 Å². The number of benzene rings is 2. The summed E-state index contributed by atoms with van der Waals surface area (Å²) in [5.74, 6) is 1.28. The van der Waals surface area contributed by atoms with Gasteiger partial charge in [0, 0.05) is 18.5 Å². The number of rotatable bonds is 5. The second-order valence-corrected chi connectivity index (χ2v) is 8.99. The fourth-order valence-corrected chi connectivity index (χ4v) is 5.25. The van der Waals surface area contributed by atoms with Crippen LogP contribution in [0.3, 0.4) is 0 Å². The third-order valence-electron chi connectivity index (χ3n) is 7.25. The van der Waals surface area contributed by atoms with E-state index in [2.05, 4.69) is 75.7 Å². The molecule has 0 atom stereocenters. The number of aryl methyl sites for hydroxylation is 1. The zero-order chi connectivity index (χ0) is 21.4. The lowest BCUT2D eigenvalue weighted by molar-refractivity contribution is -0.665. The molecule has 29 heavy (non-hydrogen) atoms. The maximum Gasteiger partial charge on any atom is 0.220 e. The second-order valence-electron chi connectivity index (χ2n) is 8.99. The van der Waals surface area contributed by atoms with Gasteiger partial charge in [-0.15, -0.1) is 0 Å². The molecule has 0 saturated heterocycles. The Morgan fingerprint density at radius 1 is 1.03 bits per heavy atom. The normalized spacial score (nSPS) is 15.4. The summed E-state index contributed by atoms with van der Waals surface area (Å²) in [4.78, 5) is 0. The zero-order valence-corrected chi connectivity index (χ0v) is 18.8. The van der Waals surface area contributed by atoms with Gasteiger partial charge in [-0.3, -0.25) is 0 Å². The molecule has 0 spiro atoms. The quantitative estimate of drug-likeness (QED) is 0.399. The summed E-state index contributed by atoms with van der Waals surface area (Å²) in [6.07, 6.45) is 7.64. The van der Waals surface area contributed by atoms with Crippen molar-refractivity contribution in [2.75, 3.05) is 0 Å². The molecule has 2 aromatic carbocycles. The molecule has 1 heteroatoms. The molecule has 0 amide bonds. The van der Waals surface area contributed by atoms with Crippen molar-refractivity contribution in [2.24, 2.45) is 7.05 Å². The van der Waals surface area contributed by atoms with Crippen molar-refractivity contribution in [1.82, 2.24) is 0 Å². The van der Waals surface area contributed by atoms with Crippen molar-refractivity contribution in [2.45, 2.75) is 78.1 Å². The van der Waals surface area contributed by atoms with Crippen molar-refractivity contribution < 1.29 is 5.94 Å². The van der Waals surface area contributed by atoms with Crippen molar-refractivity contribution in [3.05, 3.63) is 64.8 Å². The van der Waals surface area contributed by atoms with E-state index in [4.69, 9.17) is 1.37 Å². The molecule has 1 nitrogen and oxygen atoms in total. The van der Waals surface area contributed by atoms with Gasteiger partial charge in [0.2, 0.25) is 5.69 Å². The van der Waals surface area contributed by atoms with Gasteiger partial charge in [-0.05, 0) is 78.7 Å². The molecular weight excluding hydrogens is 350 g/mol. The lowest BCUT2D eigenvalue weighted by Crippen LogP contribution is -2.35. The van der Waals surface area contributed by atoms with Crippen molar-refractivity contribution in [1.29, 1.82) is 0 Å². The van der Waals surface area contributed by atoms with Gasteiger partial charge in [0.25, 0.3) is 0 Å². The molecule has 0 unspecified atom stereocenters. The number of fused-ring (bicyclic) bond motifs is 1. The summed E-state index contributed by atoms with van der Waals surface area (Å²) in [5.41, 5.74) is 7.79. The van der Waals surface area contributed by atoms with Gasteiger partial charge in [0.1, 0.15) is 7.05 Å². The Morgan fingerprint density at radius 3 is 2.45 bits per heavy atom. The van der Waals surface area contributed by atoms with Gasteiger partial charge in [-0.2, -0.15) is 4.57 Å². The molecule has 1 saturated carbocycles. The fourth-order valence-electron chi connectivity index (χ4n) is 5.25. The van der Waals surface area contributed by atoms with Crippen LogP contribution in [0.25, 0.3) is 22.0 Å². The molecule has 1 aliphatic rings. The van der Waals surface area contributed by atoms with Gasteiger partial charge in [0.05, 0.1) is 6.76 Å². The lowest BCUT2D eigenvalue weighted by Gasteiger charge is -2.16. The van der Waals surface area contributed by atoms with E-state index in [0.29, 0.717) is 17.9 Å². The van der Waals surface area contributed by atoms with Crippen LogP contribution in [0.1, 0.15) is 88.0 Å². The van der Waals surface area contributed by atoms with Gasteiger partial charge < -0.3 is 0 Å². The number of hydrogen-bond acceptors (Lipinski definition) is 0. The Hall–Kier alpha value is -2.15. The van der Waals surface area contributed by atoms with E-state index < -0.39 is 0 Å². The minimum absolute atomic E-state index is 0.568. The van der Waals surface area contributed by atoms with E-state index in [1.54, 1.807) is 0 Å². The van der Waals surface area contributed by atoms with Gasteiger partial charge in [-0.25, -0.2) is 0 Å². The Morgan fingerprint density at radius 2 is 1.76 bits per heavy atom. The van der Waals surface area contributed by atoms with Crippen LogP contribution >= 0.6 is 0 Å². The van der Waals surface area contributed by atoms with Crippen LogP contribution in [-0.2, 0) is 7.05 Å². The molecule has 152 valence electrons. The second kappa shape index (κ2) is 8.30. The molecule has 1 aliphatic carbocycles. The van der Waals surface area contributed by atoms with E-state index in [9.17, 15) is 0 Å².